The van der Waals surface area contributed by atoms with Crippen molar-refractivity contribution in [3.05, 3.63) is 33.9 Å². The van der Waals surface area contributed by atoms with Crippen molar-refractivity contribution in [1.82, 2.24) is 0 Å². The van der Waals surface area contributed by atoms with Crippen molar-refractivity contribution in [2.24, 2.45) is 5.73 Å². The van der Waals surface area contributed by atoms with Crippen LogP contribution in [0.3, 0.4) is 0 Å². The molecule has 92 valence electrons. The van der Waals surface area contributed by atoms with Gasteiger partial charge >= 0.3 is 0 Å². The van der Waals surface area contributed by atoms with Crippen molar-refractivity contribution >= 4 is 11.4 Å². The highest BCUT2D eigenvalue weighted by Gasteiger charge is 2.23. The Labute approximate surface area is 100 Å². The van der Waals surface area contributed by atoms with Gasteiger partial charge in [0.15, 0.2) is 0 Å². The molecule has 1 aliphatic rings. The van der Waals surface area contributed by atoms with Gasteiger partial charge in [-0.05, 0) is 31.4 Å². The fourth-order valence-electron chi connectivity index (χ4n) is 2.19. The average Bonchev–Trinajstić information content (AvgIpc) is 2.30. The molecular weight excluding hydrogens is 218 g/mol. The molecule has 17 heavy (non-hydrogen) atoms. The molecule has 1 aromatic rings. The van der Waals surface area contributed by atoms with E-state index in [0.717, 1.165) is 31.5 Å². The number of rotatable bonds is 2. The molecule has 1 fully saturated rings. The molecule has 5 nitrogen and oxygen atoms in total. The molecule has 2 rings (SSSR count). The summed E-state index contributed by atoms with van der Waals surface area (Å²) in [5, 5.41) is 11.0. The first kappa shape index (κ1) is 11.9. The summed E-state index contributed by atoms with van der Waals surface area (Å²) in [4.78, 5) is 12.8. The molecule has 0 saturated carbocycles. The summed E-state index contributed by atoms with van der Waals surface area (Å²) >= 11 is 0. The molecule has 0 bridgehead atoms. The van der Waals surface area contributed by atoms with Crippen LogP contribution in [-0.4, -0.2) is 24.1 Å². The number of hydrogen-bond donors (Lipinski definition) is 1. The number of nitro groups is 1. The zero-order chi connectivity index (χ0) is 12.4. The van der Waals surface area contributed by atoms with Crippen LogP contribution < -0.4 is 10.6 Å². The van der Waals surface area contributed by atoms with Crippen LogP contribution in [-0.2, 0) is 0 Å². The number of anilines is 1. The van der Waals surface area contributed by atoms with Crippen molar-refractivity contribution in [1.29, 1.82) is 0 Å². The number of aryl methyl sites for hydroxylation is 1. The van der Waals surface area contributed by atoms with Gasteiger partial charge < -0.3 is 10.6 Å². The minimum absolute atomic E-state index is 0.195. The van der Waals surface area contributed by atoms with Gasteiger partial charge in [-0.2, -0.15) is 0 Å². The van der Waals surface area contributed by atoms with Crippen LogP contribution in [0.1, 0.15) is 18.4 Å². The Bertz CT molecular complexity index is 426. The summed E-state index contributed by atoms with van der Waals surface area (Å²) in [5.41, 5.74) is 7.66. The number of nitrogens with two attached hydrogens (primary N) is 1. The molecule has 1 aromatic carbocycles. The molecule has 1 saturated heterocycles. The Morgan fingerprint density at radius 3 is 2.65 bits per heavy atom. The van der Waals surface area contributed by atoms with Crippen molar-refractivity contribution in [2.45, 2.75) is 25.8 Å². The fraction of sp³-hybridized carbons (Fsp3) is 0.500. The molecule has 2 N–H and O–H groups in total. The van der Waals surface area contributed by atoms with Gasteiger partial charge in [0.05, 0.1) is 4.92 Å². The second-order valence-electron chi connectivity index (χ2n) is 4.57. The molecule has 1 aliphatic heterocycles. The van der Waals surface area contributed by atoms with Crippen molar-refractivity contribution in [2.75, 3.05) is 18.0 Å². The molecule has 0 spiro atoms. The number of piperidine rings is 1. The monoisotopic (exact) mass is 235 g/mol. The third kappa shape index (κ3) is 2.55. The van der Waals surface area contributed by atoms with Crippen LogP contribution in [0.2, 0.25) is 0 Å². The summed E-state index contributed by atoms with van der Waals surface area (Å²) in [7, 11) is 0. The van der Waals surface area contributed by atoms with Crippen LogP contribution >= 0.6 is 0 Å². The summed E-state index contributed by atoms with van der Waals surface area (Å²) in [6, 6.07) is 5.61. The van der Waals surface area contributed by atoms with E-state index < -0.39 is 0 Å². The fourth-order valence-corrected chi connectivity index (χ4v) is 2.19. The topological polar surface area (TPSA) is 72.4 Å². The molecule has 0 unspecified atom stereocenters. The molecule has 0 aromatic heterocycles. The molecule has 0 aliphatic carbocycles. The van der Waals surface area contributed by atoms with Gasteiger partial charge in [0.25, 0.3) is 5.69 Å². The summed E-state index contributed by atoms with van der Waals surface area (Å²) < 4.78 is 0. The van der Waals surface area contributed by atoms with E-state index in [1.807, 2.05) is 19.1 Å². The van der Waals surface area contributed by atoms with Crippen molar-refractivity contribution in [3.8, 4) is 0 Å². The maximum Gasteiger partial charge on any atom is 0.292 e. The van der Waals surface area contributed by atoms with Crippen LogP contribution in [0, 0.1) is 17.0 Å². The van der Waals surface area contributed by atoms with Crippen LogP contribution in [0.4, 0.5) is 11.4 Å². The highest BCUT2D eigenvalue weighted by Crippen LogP contribution is 2.30. The highest BCUT2D eigenvalue weighted by molar-refractivity contribution is 5.64. The van der Waals surface area contributed by atoms with Gasteiger partial charge in [0, 0.05) is 25.2 Å². The molecule has 0 atom stereocenters. The predicted molar refractivity (Wildman–Crippen MR) is 67.3 cm³/mol. The van der Waals surface area contributed by atoms with E-state index in [9.17, 15) is 10.1 Å². The van der Waals surface area contributed by atoms with Gasteiger partial charge in [-0.1, -0.05) is 6.07 Å². The minimum Gasteiger partial charge on any atom is -0.366 e. The maximum absolute atomic E-state index is 11.0. The largest absolute Gasteiger partial charge is 0.366 e. The zero-order valence-corrected chi connectivity index (χ0v) is 9.93. The first-order valence-corrected chi connectivity index (χ1v) is 5.83. The van der Waals surface area contributed by atoms with E-state index in [0.29, 0.717) is 5.69 Å². The Kier molecular flexibility index (Phi) is 3.28. The lowest BCUT2D eigenvalue weighted by atomic mass is 10.0. The standard InChI is InChI=1S/C12H17N3O2/c1-9-2-3-11(12(8-9)15(16)17)14-6-4-10(13)5-7-14/h2-3,8,10H,4-7,13H2,1H3. The van der Waals surface area contributed by atoms with Crippen molar-refractivity contribution < 1.29 is 4.92 Å². The molecule has 0 amide bonds. The quantitative estimate of drug-likeness (QED) is 0.627. The summed E-state index contributed by atoms with van der Waals surface area (Å²) in [6.45, 7) is 3.46. The zero-order valence-electron chi connectivity index (χ0n) is 9.93. The highest BCUT2D eigenvalue weighted by atomic mass is 16.6. The Morgan fingerprint density at radius 2 is 2.06 bits per heavy atom. The third-order valence-electron chi connectivity index (χ3n) is 3.21. The van der Waals surface area contributed by atoms with E-state index >= 15 is 0 Å². The Morgan fingerprint density at radius 1 is 1.41 bits per heavy atom. The number of benzene rings is 1. The van der Waals surface area contributed by atoms with Gasteiger partial charge in [0.1, 0.15) is 5.69 Å². The van der Waals surface area contributed by atoms with E-state index in [1.165, 1.54) is 0 Å². The van der Waals surface area contributed by atoms with E-state index in [4.69, 9.17) is 5.73 Å². The van der Waals surface area contributed by atoms with E-state index in [2.05, 4.69) is 4.90 Å². The smallest absolute Gasteiger partial charge is 0.292 e. The van der Waals surface area contributed by atoms with Crippen molar-refractivity contribution in [3.63, 3.8) is 0 Å². The van der Waals surface area contributed by atoms with E-state index in [1.54, 1.807) is 6.07 Å². The van der Waals surface area contributed by atoms with Crippen LogP contribution in [0.25, 0.3) is 0 Å². The number of nitro benzene ring substituents is 1. The average molecular weight is 235 g/mol. The predicted octanol–water partition coefficient (Wildman–Crippen LogP) is 1.83. The molecule has 5 heteroatoms. The Balaban J connectivity index is 2.28. The SMILES string of the molecule is Cc1ccc(N2CCC(N)CC2)c([N+](=O)[O-])c1. The van der Waals surface area contributed by atoms with Gasteiger partial charge in [-0.3, -0.25) is 10.1 Å². The van der Waals surface area contributed by atoms with Crippen LogP contribution in [0.5, 0.6) is 0 Å². The lowest BCUT2D eigenvalue weighted by molar-refractivity contribution is -0.384. The normalized spacial score (nSPS) is 17.2. The molecule has 0 radical (unpaired) electrons. The second kappa shape index (κ2) is 4.71. The first-order chi connectivity index (χ1) is 8.08. The minimum atomic E-state index is -0.309. The molecular formula is C12H17N3O2. The first-order valence-electron chi connectivity index (χ1n) is 5.83. The van der Waals surface area contributed by atoms with Gasteiger partial charge in [0.2, 0.25) is 0 Å². The van der Waals surface area contributed by atoms with E-state index in [-0.39, 0.29) is 16.7 Å². The lowest BCUT2D eigenvalue weighted by Gasteiger charge is -2.31. The Hall–Kier alpha value is -1.62. The number of hydrogen-bond acceptors (Lipinski definition) is 4. The van der Waals surface area contributed by atoms with Crippen LogP contribution in [0.15, 0.2) is 18.2 Å². The number of nitrogens with zero attached hydrogens (tertiary/aromatic N) is 2. The third-order valence-corrected chi connectivity index (χ3v) is 3.21. The summed E-state index contributed by atoms with van der Waals surface area (Å²) in [6.07, 6.45) is 1.79. The maximum atomic E-state index is 11.0. The van der Waals surface area contributed by atoms with Gasteiger partial charge in [-0.15, -0.1) is 0 Å². The van der Waals surface area contributed by atoms with Gasteiger partial charge in [-0.25, -0.2) is 0 Å². The summed E-state index contributed by atoms with van der Waals surface area (Å²) in [5.74, 6) is 0. The lowest BCUT2D eigenvalue weighted by Crippen LogP contribution is -2.39. The molecule has 1 heterocycles. The second-order valence-corrected chi connectivity index (χ2v) is 4.57.